The van der Waals surface area contributed by atoms with E-state index in [0.717, 1.165) is 10.2 Å². The first-order chi connectivity index (χ1) is 8.70. The van der Waals surface area contributed by atoms with Gasteiger partial charge in [-0.1, -0.05) is 19.1 Å². The highest BCUT2D eigenvalue weighted by Crippen LogP contribution is 2.29. The lowest BCUT2D eigenvalue weighted by Crippen LogP contribution is -1.98. The summed E-state index contributed by atoms with van der Waals surface area (Å²) in [6, 6.07) is 11.2. The molecule has 0 fully saturated rings. The van der Waals surface area contributed by atoms with Crippen LogP contribution in [-0.4, -0.2) is 10.1 Å². The predicted octanol–water partition coefficient (Wildman–Crippen LogP) is 4.08. The first-order valence-corrected chi connectivity index (χ1v) is 6.56. The molecule has 0 aliphatic carbocycles. The zero-order chi connectivity index (χ0) is 13.0. The van der Waals surface area contributed by atoms with E-state index in [1.807, 2.05) is 31.2 Å². The number of rotatable bonds is 4. The van der Waals surface area contributed by atoms with Gasteiger partial charge in [-0.3, -0.25) is 4.98 Å². The number of halogens is 1. The van der Waals surface area contributed by atoms with E-state index in [4.69, 9.17) is 4.74 Å². The summed E-state index contributed by atoms with van der Waals surface area (Å²) in [6.07, 6.45) is 1.76. The van der Waals surface area contributed by atoms with Crippen LogP contribution < -0.4 is 4.74 Å². The zero-order valence-corrected chi connectivity index (χ0v) is 11.6. The lowest BCUT2D eigenvalue weighted by atomic mass is 10.2. The number of benzene rings is 1. The summed E-state index contributed by atoms with van der Waals surface area (Å²) in [7, 11) is 0. The van der Waals surface area contributed by atoms with Gasteiger partial charge >= 0.3 is 0 Å². The quantitative estimate of drug-likeness (QED) is 0.925. The van der Waals surface area contributed by atoms with Gasteiger partial charge in [-0.2, -0.15) is 0 Å². The predicted molar refractivity (Wildman–Crippen MR) is 73.7 cm³/mol. The molecule has 0 amide bonds. The van der Waals surface area contributed by atoms with Gasteiger partial charge in [0.05, 0.1) is 22.5 Å². The minimum Gasteiger partial charge on any atom is -0.455 e. The second-order valence-corrected chi connectivity index (χ2v) is 4.73. The van der Waals surface area contributed by atoms with E-state index in [9.17, 15) is 5.11 Å². The van der Waals surface area contributed by atoms with Crippen molar-refractivity contribution in [2.45, 2.75) is 19.4 Å². The molecule has 1 heterocycles. The van der Waals surface area contributed by atoms with Gasteiger partial charge in [0.2, 0.25) is 0 Å². The fourth-order valence-electron chi connectivity index (χ4n) is 1.51. The van der Waals surface area contributed by atoms with Crippen LogP contribution in [0, 0.1) is 0 Å². The molecule has 2 aromatic rings. The van der Waals surface area contributed by atoms with Crippen LogP contribution in [0.4, 0.5) is 0 Å². The van der Waals surface area contributed by atoms with Gasteiger partial charge in [-0.15, -0.1) is 0 Å². The summed E-state index contributed by atoms with van der Waals surface area (Å²) in [6.45, 7) is 1.91. The monoisotopic (exact) mass is 307 g/mol. The molecule has 1 atom stereocenters. The molecule has 18 heavy (non-hydrogen) atoms. The molecule has 0 aliphatic rings. The van der Waals surface area contributed by atoms with Crippen LogP contribution in [0.15, 0.2) is 47.1 Å². The molecule has 0 radical (unpaired) electrons. The SMILES string of the molecule is CC[C@H](O)c1ccc(Oc2ccccc2Br)cn1. The second kappa shape index (κ2) is 5.98. The van der Waals surface area contributed by atoms with E-state index in [1.165, 1.54) is 0 Å². The van der Waals surface area contributed by atoms with Crippen LogP contribution in [0.3, 0.4) is 0 Å². The van der Waals surface area contributed by atoms with Gasteiger partial charge in [-0.25, -0.2) is 0 Å². The maximum Gasteiger partial charge on any atom is 0.145 e. The Hall–Kier alpha value is -1.39. The highest BCUT2D eigenvalue weighted by Gasteiger charge is 2.07. The Labute approximate surface area is 115 Å². The van der Waals surface area contributed by atoms with Crippen LogP contribution in [0.1, 0.15) is 25.1 Å². The molecule has 1 aromatic heterocycles. The van der Waals surface area contributed by atoms with Crippen LogP contribution in [0.5, 0.6) is 11.5 Å². The van der Waals surface area contributed by atoms with Gasteiger partial charge in [0.25, 0.3) is 0 Å². The topological polar surface area (TPSA) is 42.4 Å². The van der Waals surface area contributed by atoms with Crippen LogP contribution in [0.25, 0.3) is 0 Å². The maximum absolute atomic E-state index is 9.64. The summed E-state index contributed by atoms with van der Waals surface area (Å²) in [5, 5.41) is 9.64. The van der Waals surface area contributed by atoms with Crippen LogP contribution in [0.2, 0.25) is 0 Å². The van der Waals surface area contributed by atoms with E-state index in [0.29, 0.717) is 17.9 Å². The largest absolute Gasteiger partial charge is 0.455 e. The molecule has 2 rings (SSSR count). The molecule has 1 N–H and O–H groups in total. The van der Waals surface area contributed by atoms with Crippen molar-refractivity contribution >= 4 is 15.9 Å². The number of hydrogen-bond donors (Lipinski definition) is 1. The van der Waals surface area contributed by atoms with Crippen molar-refractivity contribution in [3.8, 4) is 11.5 Å². The molecule has 4 heteroatoms. The highest BCUT2D eigenvalue weighted by atomic mass is 79.9. The number of aromatic nitrogens is 1. The minimum absolute atomic E-state index is 0.512. The molecule has 0 unspecified atom stereocenters. The molecule has 1 aromatic carbocycles. The van der Waals surface area contributed by atoms with Crippen molar-refractivity contribution in [1.82, 2.24) is 4.98 Å². The third-order valence-corrected chi connectivity index (χ3v) is 3.21. The minimum atomic E-state index is -0.512. The summed E-state index contributed by atoms with van der Waals surface area (Å²) >= 11 is 3.42. The average Bonchev–Trinajstić information content (AvgIpc) is 2.41. The Morgan fingerprint density at radius 3 is 2.67 bits per heavy atom. The lowest BCUT2D eigenvalue weighted by molar-refractivity contribution is 0.169. The number of hydrogen-bond acceptors (Lipinski definition) is 3. The molecule has 0 spiro atoms. The first kappa shape index (κ1) is 13.1. The Kier molecular flexibility index (Phi) is 4.33. The second-order valence-electron chi connectivity index (χ2n) is 3.88. The number of nitrogens with zero attached hydrogens (tertiary/aromatic N) is 1. The van der Waals surface area contributed by atoms with E-state index < -0.39 is 6.10 Å². The molecule has 3 nitrogen and oxygen atoms in total. The van der Waals surface area contributed by atoms with Crippen molar-refractivity contribution in [3.05, 3.63) is 52.8 Å². The Bertz CT molecular complexity index is 513. The van der Waals surface area contributed by atoms with E-state index in [2.05, 4.69) is 20.9 Å². The van der Waals surface area contributed by atoms with Crippen molar-refractivity contribution in [1.29, 1.82) is 0 Å². The Balaban J connectivity index is 2.14. The third kappa shape index (κ3) is 3.09. The fourth-order valence-corrected chi connectivity index (χ4v) is 1.88. The lowest BCUT2D eigenvalue weighted by Gasteiger charge is -2.09. The van der Waals surface area contributed by atoms with Gasteiger partial charge in [0, 0.05) is 0 Å². The molecule has 94 valence electrons. The van der Waals surface area contributed by atoms with Crippen molar-refractivity contribution in [2.24, 2.45) is 0 Å². The Morgan fingerprint density at radius 1 is 1.28 bits per heavy atom. The average molecular weight is 308 g/mol. The van der Waals surface area contributed by atoms with E-state index in [-0.39, 0.29) is 0 Å². The number of ether oxygens (including phenoxy) is 1. The normalized spacial score (nSPS) is 12.2. The van der Waals surface area contributed by atoms with Gasteiger partial charge in [0.15, 0.2) is 0 Å². The molecular weight excluding hydrogens is 294 g/mol. The number of aliphatic hydroxyl groups is 1. The van der Waals surface area contributed by atoms with Crippen molar-refractivity contribution in [3.63, 3.8) is 0 Å². The Morgan fingerprint density at radius 2 is 2.06 bits per heavy atom. The zero-order valence-electron chi connectivity index (χ0n) is 10.0. The number of aliphatic hydroxyl groups excluding tert-OH is 1. The summed E-state index contributed by atoms with van der Waals surface area (Å²) in [5.74, 6) is 1.39. The third-order valence-electron chi connectivity index (χ3n) is 2.55. The van der Waals surface area contributed by atoms with E-state index in [1.54, 1.807) is 18.3 Å². The maximum atomic E-state index is 9.64. The van der Waals surface area contributed by atoms with Crippen LogP contribution in [-0.2, 0) is 0 Å². The van der Waals surface area contributed by atoms with Crippen molar-refractivity contribution in [2.75, 3.05) is 0 Å². The van der Waals surface area contributed by atoms with Crippen molar-refractivity contribution < 1.29 is 9.84 Å². The standard InChI is InChI=1S/C14H14BrNO2/c1-2-13(17)12-8-7-10(9-16-12)18-14-6-4-3-5-11(14)15/h3-9,13,17H,2H2,1H3/t13-/m0/s1. The summed E-state index contributed by atoms with van der Waals surface area (Å²) in [5.41, 5.74) is 0.664. The molecule has 0 aliphatic heterocycles. The molecular formula is C14H14BrNO2. The van der Waals surface area contributed by atoms with Gasteiger partial charge < -0.3 is 9.84 Å². The van der Waals surface area contributed by atoms with E-state index >= 15 is 0 Å². The van der Waals surface area contributed by atoms with Crippen LogP contribution >= 0.6 is 15.9 Å². The fraction of sp³-hybridized carbons (Fsp3) is 0.214. The highest BCUT2D eigenvalue weighted by molar-refractivity contribution is 9.10. The van der Waals surface area contributed by atoms with Gasteiger partial charge in [-0.05, 0) is 46.6 Å². The summed E-state index contributed by atoms with van der Waals surface area (Å²) in [4.78, 5) is 4.18. The smallest absolute Gasteiger partial charge is 0.145 e. The molecule has 0 saturated heterocycles. The van der Waals surface area contributed by atoms with Gasteiger partial charge in [0.1, 0.15) is 11.5 Å². The number of para-hydroxylation sites is 1. The summed E-state index contributed by atoms with van der Waals surface area (Å²) < 4.78 is 6.58. The first-order valence-electron chi connectivity index (χ1n) is 5.77. The molecule has 0 saturated carbocycles. The molecule has 0 bridgehead atoms. The number of pyridine rings is 1.